The number of rotatable bonds is 8. The fourth-order valence-corrected chi connectivity index (χ4v) is 3.14. The molecule has 20 heavy (non-hydrogen) atoms. The van der Waals surface area contributed by atoms with Crippen LogP contribution in [0.15, 0.2) is 0 Å². The quantitative estimate of drug-likeness (QED) is 0.688. The molecule has 1 aliphatic heterocycles. The van der Waals surface area contributed by atoms with Gasteiger partial charge in [-0.1, -0.05) is 6.92 Å². The van der Waals surface area contributed by atoms with Crippen molar-refractivity contribution in [3.63, 3.8) is 0 Å². The molecule has 0 aromatic rings. The number of carbonyl (C=O) groups is 1. The highest BCUT2D eigenvalue weighted by Gasteiger charge is 2.32. The van der Waals surface area contributed by atoms with Gasteiger partial charge in [0.15, 0.2) is 0 Å². The third-order valence-corrected chi connectivity index (χ3v) is 4.57. The van der Waals surface area contributed by atoms with E-state index in [4.69, 9.17) is 0 Å². The van der Waals surface area contributed by atoms with Crippen LogP contribution in [0.25, 0.3) is 0 Å². The highest BCUT2D eigenvalue weighted by molar-refractivity contribution is 5.78. The van der Waals surface area contributed by atoms with Crippen LogP contribution in [0.5, 0.6) is 0 Å². The van der Waals surface area contributed by atoms with Crippen molar-refractivity contribution in [1.29, 1.82) is 0 Å². The molecule has 0 spiro atoms. The van der Waals surface area contributed by atoms with Crippen LogP contribution in [0.4, 0.5) is 0 Å². The van der Waals surface area contributed by atoms with Crippen LogP contribution in [-0.2, 0) is 4.79 Å². The van der Waals surface area contributed by atoms with E-state index in [1.165, 1.54) is 32.1 Å². The van der Waals surface area contributed by atoms with Gasteiger partial charge in [0.2, 0.25) is 5.91 Å². The molecule has 0 unspecified atom stereocenters. The largest absolute Gasteiger partial charge is 0.339 e. The van der Waals surface area contributed by atoms with Crippen LogP contribution in [0, 0.1) is 5.92 Å². The molecule has 116 valence electrons. The maximum absolute atomic E-state index is 12.3. The van der Waals surface area contributed by atoms with Gasteiger partial charge in [-0.25, -0.2) is 0 Å². The summed E-state index contributed by atoms with van der Waals surface area (Å²) in [6.07, 6.45) is 6.11. The van der Waals surface area contributed by atoms with Crippen molar-refractivity contribution in [2.75, 3.05) is 39.3 Å². The summed E-state index contributed by atoms with van der Waals surface area (Å²) < 4.78 is 0. The Bertz CT molecular complexity index is 296. The Morgan fingerprint density at radius 2 is 1.90 bits per heavy atom. The smallest absolute Gasteiger partial charge is 0.236 e. The van der Waals surface area contributed by atoms with Crippen LogP contribution in [-0.4, -0.2) is 61.0 Å². The molecule has 2 fully saturated rings. The molecule has 1 saturated heterocycles. The predicted molar refractivity (Wildman–Crippen MR) is 82.7 cm³/mol. The second-order valence-corrected chi connectivity index (χ2v) is 6.33. The monoisotopic (exact) mass is 281 g/mol. The van der Waals surface area contributed by atoms with Crippen molar-refractivity contribution in [2.45, 2.75) is 52.0 Å². The first-order valence-corrected chi connectivity index (χ1v) is 8.47. The Morgan fingerprint density at radius 3 is 2.45 bits per heavy atom. The van der Waals surface area contributed by atoms with Gasteiger partial charge in [0.05, 0.1) is 6.54 Å². The predicted octanol–water partition coefficient (Wildman–Crippen LogP) is 1.71. The van der Waals surface area contributed by atoms with Crippen molar-refractivity contribution >= 4 is 5.91 Å². The third-order valence-electron chi connectivity index (χ3n) is 4.57. The molecular formula is C16H31N3O. The number of hydrogen-bond acceptors (Lipinski definition) is 3. The zero-order valence-electron chi connectivity index (χ0n) is 13.2. The second-order valence-electron chi connectivity index (χ2n) is 6.33. The summed E-state index contributed by atoms with van der Waals surface area (Å²) in [6, 6.07) is 0.559. The van der Waals surface area contributed by atoms with Crippen molar-refractivity contribution in [3.05, 3.63) is 0 Å². The number of hydrogen-bond donors (Lipinski definition) is 1. The molecule has 0 atom stereocenters. The van der Waals surface area contributed by atoms with Gasteiger partial charge in [0, 0.05) is 12.6 Å². The van der Waals surface area contributed by atoms with Gasteiger partial charge in [-0.3, -0.25) is 9.69 Å². The van der Waals surface area contributed by atoms with Crippen LogP contribution in [0.3, 0.4) is 0 Å². The zero-order valence-corrected chi connectivity index (χ0v) is 13.2. The summed E-state index contributed by atoms with van der Waals surface area (Å²) in [5.74, 6) is 1.15. The lowest BCUT2D eigenvalue weighted by atomic mass is 9.97. The maximum atomic E-state index is 12.3. The van der Waals surface area contributed by atoms with Crippen LogP contribution in [0.2, 0.25) is 0 Å². The first kappa shape index (κ1) is 15.8. The molecule has 1 N–H and O–H groups in total. The highest BCUT2D eigenvalue weighted by atomic mass is 16.2. The van der Waals surface area contributed by atoms with Gasteiger partial charge in [0.1, 0.15) is 0 Å². The van der Waals surface area contributed by atoms with Crippen LogP contribution < -0.4 is 5.32 Å². The summed E-state index contributed by atoms with van der Waals surface area (Å²) in [6.45, 7) is 10.3. The van der Waals surface area contributed by atoms with Gasteiger partial charge in [-0.05, 0) is 71.1 Å². The zero-order chi connectivity index (χ0) is 14.4. The van der Waals surface area contributed by atoms with Crippen molar-refractivity contribution in [1.82, 2.24) is 15.1 Å². The van der Waals surface area contributed by atoms with E-state index in [9.17, 15) is 4.79 Å². The van der Waals surface area contributed by atoms with Crippen LogP contribution in [0.1, 0.15) is 46.0 Å². The fourth-order valence-electron chi connectivity index (χ4n) is 3.14. The van der Waals surface area contributed by atoms with E-state index in [-0.39, 0.29) is 0 Å². The second kappa shape index (κ2) is 7.99. The summed E-state index contributed by atoms with van der Waals surface area (Å²) >= 11 is 0. The molecule has 0 aromatic carbocycles. The van der Waals surface area contributed by atoms with E-state index in [1.807, 2.05) is 0 Å². The Balaban J connectivity index is 1.64. The average Bonchev–Trinajstić information content (AvgIpc) is 3.26. The van der Waals surface area contributed by atoms with Gasteiger partial charge in [-0.2, -0.15) is 0 Å². The minimum absolute atomic E-state index is 0.345. The molecule has 0 radical (unpaired) electrons. The number of amides is 1. The molecular weight excluding hydrogens is 250 g/mol. The first-order valence-electron chi connectivity index (χ1n) is 8.47. The molecule has 2 rings (SSSR count). The number of likely N-dealkylation sites (N-methyl/N-ethyl adjacent to an activating group) is 1. The molecule has 1 heterocycles. The lowest BCUT2D eigenvalue weighted by Crippen LogP contribution is -2.45. The standard InChI is InChI=1S/C16H31N3O/c1-3-9-17-12-14-7-10-18(11-8-14)13-16(20)19(4-2)15-5-6-15/h14-15,17H,3-13H2,1-2H3. The number of piperidine rings is 1. The Morgan fingerprint density at radius 1 is 1.20 bits per heavy atom. The summed E-state index contributed by atoms with van der Waals surface area (Å²) in [7, 11) is 0. The lowest BCUT2D eigenvalue weighted by molar-refractivity contribution is -0.133. The first-order chi connectivity index (χ1) is 9.74. The Labute approximate surface area is 123 Å². The minimum atomic E-state index is 0.345. The van der Waals surface area contributed by atoms with Crippen molar-refractivity contribution in [2.24, 2.45) is 5.92 Å². The van der Waals surface area contributed by atoms with Gasteiger partial charge < -0.3 is 10.2 Å². The van der Waals surface area contributed by atoms with Gasteiger partial charge in [0.25, 0.3) is 0 Å². The number of nitrogens with zero attached hydrogens (tertiary/aromatic N) is 2. The van der Waals surface area contributed by atoms with E-state index in [0.717, 1.165) is 38.6 Å². The maximum Gasteiger partial charge on any atom is 0.236 e. The van der Waals surface area contributed by atoms with Crippen molar-refractivity contribution in [3.8, 4) is 0 Å². The minimum Gasteiger partial charge on any atom is -0.339 e. The van der Waals surface area contributed by atoms with E-state index in [2.05, 4.69) is 29.0 Å². The molecule has 4 nitrogen and oxygen atoms in total. The Hall–Kier alpha value is -0.610. The molecule has 1 saturated carbocycles. The van der Waals surface area contributed by atoms with Gasteiger partial charge >= 0.3 is 0 Å². The summed E-state index contributed by atoms with van der Waals surface area (Å²) in [5, 5.41) is 3.52. The van der Waals surface area contributed by atoms with E-state index in [0.29, 0.717) is 18.5 Å². The average molecular weight is 281 g/mol. The number of carbonyl (C=O) groups excluding carboxylic acids is 1. The molecule has 0 aromatic heterocycles. The van der Waals surface area contributed by atoms with E-state index < -0.39 is 0 Å². The molecule has 4 heteroatoms. The fraction of sp³-hybridized carbons (Fsp3) is 0.938. The molecule has 2 aliphatic rings. The third kappa shape index (κ3) is 4.74. The van der Waals surface area contributed by atoms with Crippen molar-refractivity contribution < 1.29 is 4.79 Å². The normalized spacial score (nSPS) is 21.1. The van der Waals surface area contributed by atoms with E-state index >= 15 is 0 Å². The Kier molecular flexibility index (Phi) is 6.30. The molecule has 1 aliphatic carbocycles. The number of nitrogens with one attached hydrogen (secondary N) is 1. The lowest BCUT2D eigenvalue weighted by Gasteiger charge is -2.33. The highest BCUT2D eigenvalue weighted by Crippen LogP contribution is 2.27. The molecule has 1 amide bonds. The van der Waals surface area contributed by atoms with Crippen LogP contribution >= 0.6 is 0 Å². The summed E-state index contributed by atoms with van der Waals surface area (Å²) in [5.41, 5.74) is 0. The SMILES string of the molecule is CCCNCC1CCN(CC(=O)N(CC)C2CC2)CC1. The summed E-state index contributed by atoms with van der Waals surface area (Å²) in [4.78, 5) is 16.7. The van der Waals surface area contributed by atoms with E-state index in [1.54, 1.807) is 0 Å². The van der Waals surface area contributed by atoms with Gasteiger partial charge in [-0.15, -0.1) is 0 Å². The number of likely N-dealkylation sites (tertiary alicyclic amines) is 1. The topological polar surface area (TPSA) is 35.6 Å². The molecule has 0 bridgehead atoms.